The van der Waals surface area contributed by atoms with Gasteiger partial charge < -0.3 is 50.9 Å². The Balaban J connectivity index is 2.32. The zero-order chi connectivity index (χ0) is 30.6. The minimum Gasteiger partial charge on any atom is -0.478 e. The van der Waals surface area contributed by atoms with Gasteiger partial charge in [-0.15, -0.1) is 11.3 Å². The van der Waals surface area contributed by atoms with Gasteiger partial charge in [-0.1, -0.05) is 5.16 Å². The Morgan fingerprint density at radius 1 is 1.23 bits per heavy atom. The first-order chi connectivity index (χ1) is 18.3. The summed E-state index contributed by atoms with van der Waals surface area (Å²) in [6.07, 6.45) is -9.06. The normalized spacial score (nSPS) is 25.5. The van der Waals surface area contributed by atoms with Crippen molar-refractivity contribution >= 4 is 50.3 Å². The maximum absolute atomic E-state index is 13.2. The van der Waals surface area contributed by atoms with Gasteiger partial charge in [0.05, 0.1) is 6.04 Å². The molecule has 1 aliphatic rings. The molecule has 5 unspecified atom stereocenters. The number of nitrogens with two attached hydrogens (primary N) is 1. The predicted molar refractivity (Wildman–Crippen MR) is 132 cm³/mol. The average molecular weight is 616 g/mol. The van der Waals surface area contributed by atoms with Crippen LogP contribution in [0.3, 0.4) is 0 Å². The van der Waals surface area contributed by atoms with Crippen LogP contribution in [0, 0.1) is 0 Å². The summed E-state index contributed by atoms with van der Waals surface area (Å²) in [5.41, 5.74) is 2.79. The summed E-state index contributed by atoms with van der Waals surface area (Å²) in [6.45, 7) is 2.44. The van der Waals surface area contributed by atoms with E-state index in [2.05, 4.69) is 15.5 Å². The van der Waals surface area contributed by atoms with E-state index in [1.54, 1.807) is 4.72 Å². The number of oxime groups is 1. The fourth-order valence-electron chi connectivity index (χ4n) is 3.02. The maximum Gasteiger partial charge on any atom is 0.350 e. The number of ether oxygens (including phenoxy) is 2. The lowest BCUT2D eigenvalue weighted by Crippen LogP contribution is -2.59. The number of hydrogen-bond donors (Lipinski definition) is 9. The van der Waals surface area contributed by atoms with E-state index < -0.39 is 88.9 Å². The summed E-state index contributed by atoms with van der Waals surface area (Å²) >= 11 is 0.875. The summed E-state index contributed by atoms with van der Waals surface area (Å²) in [5, 5.41) is 55.1. The lowest BCUT2D eigenvalue weighted by atomic mass is 9.99. The number of carboxylic acids is 1. The second-order valence-corrected chi connectivity index (χ2v) is 11.0. The van der Waals surface area contributed by atoms with Gasteiger partial charge in [-0.3, -0.25) is 9.35 Å². The zero-order valence-corrected chi connectivity index (χ0v) is 22.7. The van der Waals surface area contributed by atoms with Crippen molar-refractivity contribution < 1.29 is 67.2 Å². The van der Waals surface area contributed by atoms with Crippen LogP contribution >= 0.6 is 11.3 Å². The summed E-state index contributed by atoms with van der Waals surface area (Å²) < 4.78 is 43.4. The Labute approximate surface area is 230 Å². The summed E-state index contributed by atoms with van der Waals surface area (Å²) in [6, 6.07) is -3.52. The number of carbonyl (C=O) groups is 3. The van der Waals surface area contributed by atoms with E-state index in [1.165, 1.54) is 5.38 Å². The number of carbonyl (C=O) groups excluding carboxylic acids is 2. The van der Waals surface area contributed by atoms with Crippen molar-refractivity contribution in [2.75, 3.05) is 12.3 Å². The molecule has 2 heterocycles. The van der Waals surface area contributed by atoms with Crippen molar-refractivity contribution in [1.82, 2.24) is 15.0 Å². The molecule has 0 aromatic carbocycles. The second kappa shape index (κ2) is 13.1. The first-order valence-electron chi connectivity index (χ1n) is 11.1. The van der Waals surface area contributed by atoms with Crippen molar-refractivity contribution in [2.45, 2.75) is 69.2 Å². The van der Waals surface area contributed by atoms with Crippen LogP contribution in [0.2, 0.25) is 0 Å². The minimum absolute atomic E-state index is 0.0223. The van der Waals surface area contributed by atoms with Crippen LogP contribution in [0.1, 0.15) is 26.5 Å². The molecule has 10 N–H and O–H groups in total. The van der Waals surface area contributed by atoms with E-state index in [0.717, 1.165) is 32.1 Å². The van der Waals surface area contributed by atoms with Crippen LogP contribution < -0.4 is 15.8 Å². The fraction of sp³-hybridized carbons (Fsp3) is 0.632. The average Bonchev–Trinajstić information content (AvgIpc) is 3.26. The monoisotopic (exact) mass is 615 g/mol. The Morgan fingerprint density at radius 2 is 1.85 bits per heavy atom. The number of carboxylic acid groups (broad SMARTS) is 1. The van der Waals surface area contributed by atoms with E-state index in [1.807, 2.05) is 0 Å². The van der Waals surface area contributed by atoms with E-state index in [9.17, 15) is 48.3 Å². The standard InChI is InChI=1S/C19H29N5O14S2/c1-6(24-40(33,34)35)9(15(29)36-4-8-11(25)12(26)13(27)16(30)37-8)22-14(28)10(7-5-39-18(20)21-7)23-38-19(2,3)17(31)32/h5-6,8-9,11-13,16,24-27,30H,4H2,1-3H3,(H2,20,21)(H,22,28)(H,31,32)(H,33,34,35)/b23-10-/t6-,8?,9-,11?,12?,13?,16?/m0/s1. The molecule has 1 fully saturated rings. The Morgan fingerprint density at radius 3 is 2.38 bits per heavy atom. The molecule has 2 rings (SSSR count). The number of esters is 1. The first-order valence-corrected chi connectivity index (χ1v) is 13.5. The van der Waals surface area contributed by atoms with Gasteiger partial charge in [0, 0.05) is 5.38 Å². The predicted octanol–water partition coefficient (Wildman–Crippen LogP) is -4.08. The van der Waals surface area contributed by atoms with Crippen LogP contribution in [0.5, 0.6) is 0 Å². The third kappa shape index (κ3) is 8.74. The molecule has 19 nitrogen and oxygen atoms in total. The molecule has 40 heavy (non-hydrogen) atoms. The highest BCUT2D eigenvalue weighted by atomic mass is 32.2. The van der Waals surface area contributed by atoms with Crippen LogP contribution in [-0.2, 0) is 39.0 Å². The van der Waals surface area contributed by atoms with E-state index in [-0.39, 0.29) is 10.8 Å². The molecule has 0 aliphatic carbocycles. The molecule has 0 radical (unpaired) electrons. The Kier molecular flexibility index (Phi) is 10.9. The number of hydrogen-bond acceptors (Lipinski definition) is 16. The van der Waals surface area contributed by atoms with Crippen molar-refractivity contribution in [1.29, 1.82) is 0 Å². The highest BCUT2D eigenvalue weighted by Crippen LogP contribution is 2.20. The highest BCUT2D eigenvalue weighted by Gasteiger charge is 2.44. The quantitative estimate of drug-likeness (QED) is 0.0467. The number of amides is 1. The van der Waals surface area contributed by atoms with Crippen molar-refractivity contribution in [2.24, 2.45) is 5.16 Å². The molecule has 1 aromatic heterocycles. The third-order valence-electron chi connectivity index (χ3n) is 5.31. The molecule has 21 heteroatoms. The molecule has 7 atom stereocenters. The smallest absolute Gasteiger partial charge is 0.350 e. The summed E-state index contributed by atoms with van der Waals surface area (Å²) in [7, 11) is -4.93. The molecule has 0 saturated carbocycles. The fourth-order valence-corrected chi connectivity index (χ4v) is 4.18. The number of aliphatic hydroxyl groups is 4. The van der Waals surface area contributed by atoms with Gasteiger partial charge in [0.1, 0.15) is 42.8 Å². The summed E-state index contributed by atoms with van der Waals surface area (Å²) in [4.78, 5) is 46.2. The van der Waals surface area contributed by atoms with Gasteiger partial charge in [-0.25, -0.2) is 14.6 Å². The van der Waals surface area contributed by atoms with E-state index in [0.29, 0.717) is 0 Å². The first kappa shape index (κ1) is 33.2. The van der Waals surface area contributed by atoms with Crippen molar-refractivity contribution in [3.05, 3.63) is 11.1 Å². The molecule has 1 aliphatic heterocycles. The lowest BCUT2D eigenvalue weighted by molar-refractivity contribution is -0.287. The van der Waals surface area contributed by atoms with Crippen molar-refractivity contribution in [3.63, 3.8) is 0 Å². The number of anilines is 1. The van der Waals surface area contributed by atoms with Gasteiger partial charge in [0.2, 0.25) is 5.60 Å². The van der Waals surface area contributed by atoms with Gasteiger partial charge >= 0.3 is 22.2 Å². The SMILES string of the molecule is C[C@H](NS(=O)(=O)O)[C@H](NC(=O)/C(=N\OC(C)(C)C(=O)O)c1csc(N)n1)C(=O)OCC1OC(O)C(O)C(O)C1O. The van der Waals surface area contributed by atoms with Crippen LogP contribution in [0.15, 0.2) is 10.5 Å². The number of nitrogens with zero attached hydrogens (tertiary/aromatic N) is 2. The van der Waals surface area contributed by atoms with Crippen molar-refractivity contribution in [3.8, 4) is 0 Å². The maximum atomic E-state index is 13.2. The largest absolute Gasteiger partial charge is 0.478 e. The molecular weight excluding hydrogens is 586 g/mol. The van der Waals surface area contributed by atoms with Crippen LogP contribution in [0.25, 0.3) is 0 Å². The Hall–Kier alpha value is -3.02. The number of thiazole rings is 1. The number of aliphatic hydroxyl groups excluding tert-OH is 4. The van der Waals surface area contributed by atoms with Crippen LogP contribution in [-0.4, -0.2) is 122 Å². The number of aliphatic carboxylic acids is 1. The van der Waals surface area contributed by atoms with Gasteiger partial charge in [-0.2, -0.15) is 13.1 Å². The number of nitrogens with one attached hydrogen (secondary N) is 2. The minimum atomic E-state index is -4.93. The van der Waals surface area contributed by atoms with Crippen LogP contribution in [0.4, 0.5) is 5.13 Å². The second-order valence-electron chi connectivity index (χ2n) is 8.92. The zero-order valence-electron chi connectivity index (χ0n) is 21.1. The van der Waals surface area contributed by atoms with E-state index in [4.69, 9.17) is 24.6 Å². The lowest BCUT2D eigenvalue weighted by Gasteiger charge is -2.38. The molecule has 1 saturated heterocycles. The summed E-state index contributed by atoms with van der Waals surface area (Å²) in [5.74, 6) is -4.07. The van der Waals surface area contributed by atoms with Gasteiger partial charge in [-0.05, 0) is 20.8 Å². The third-order valence-corrected chi connectivity index (χ3v) is 6.66. The molecule has 226 valence electrons. The van der Waals surface area contributed by atoms with Gasteiger partial charge in [0.15, 0.2) is 17.1 Å². The molecule has 1 aromatic rings. The topological polar surface area (TPSA) is 310 Å². The molecule has 1 amide bonds. The molecule has 0 spiro atoms. The number of aromatic nitrogens is 1. The number of rotatable bonds is 12. The van der Waals surface area contributed by atoms with Gasteiger partial charge in [0.25, 0.3) is 5.91 Å². The number of nitrogen functional groups attached to an aromatic ring is 1. The molecule has 0 bridgehead atoms. The highest BCUT2D eigenvalue weighted by molar-refractivity contribution is 7.83. The Bertz CT molecular complexity index is 1220. The van der Waals surface area contributed by atoms with E-state index >= 15 is 0 Å². The molecular formula is C19H29N5O14S2.